The van der Waals surface area contributed by atoms with Crippen molar-refractivity contribution in [2.24, 2.45) is 5.73 Å². The smallest absolute Gasteiger partial charge is 0.185 e. The highest BCUT2D eigenvalue weighted by Gasteiger charge is 2.03. The van der Waals surface area contributed by atoms with Gasteiger partial charge in [-0.05, 0) is 17.0 Å². The second-order valence-electron chi connectivity index (χ2n) is 4.18. The lowest BCUT2D eigenvalue weighted by Crippen LogP contribution is -2.31. The monoisotopic (exact) mass is 275 g/mol. The third-order valence-electron chi connectivity index (χ3n) is 2.81. The van der Waals surface area contributed by atoms with E-state index in [1.165, 1.54) is 5.56 Å². The topological polar surface area (TPSA) is 82.1 Å². The number of aromatic hydroxyl groups is 1. The van der Waals surface area contributed by atoms with Crippen LogP contribution in [0.4, 0.5) is 0 Å². The maximum Gasteiger partial charge on any atom is 0.185 e. The van der Waals surface area contributed by atoms with E-state index in [1.807, 2.05) is 24.3 Å². The van der Waals surface area contributed by atoms with Crippen LogP contribution >= 0.6 is 11.8 Å². The Morgan fingerprint density at radius 1 is 1.21 bits per heavy atom. The van der Waals surface area contributed by atoms with Gasteiger partial charge in [-0.15, -0.1) is 0 Å². The molecule has 0 aliphatic carbocycles. The average Bonchev–Trinajstić information content (AvgIpc) is 2.39. The summed E-state index contributed by atoms with van der Waals surface area (Å²) < 4.78 is 0. The van der Waals surface area contributed by atoms with Gasteiger partial charge in [0.2, 0.25) is 0 Å². The highest BCUT2D eigenvalue weighted by Crippen LogP contribution is 2.28. The van der Waals surface area contributed by atoms with E-state index in [2.05, 4.69) is 11.4 Å². The molecule has 100 valence electrons. The van der Waals surface area contributed by atoms with E-state index in [-0.39, 0.29) is 5.96 Å². The van der Waals surface area contributed by atoms with Crippen LogP contribution in [0.3, 0.4) is 0 Å². The van der Waals surface area contributed by atoms with E-state index < -0.39 is 0 Å². The van der Waals surface area contributed by atoms with Crippen LogP contribution in [-0.2, 0) is 5.75 Å². The van der Waals surface area contributed by atoms with Crippen LogP contribution in [0, 0.1) is 5.41 Å². The van der Waals surface area contributed by atoms with Crippen LogP contribution in [0.25, 0.3) is 10.8 Å². The lowest BCUT2D eigenvalue weighted by atomic mass is 10.1. The Balaban J connectivity index is 2.01. The molecule has 0 unspecified atom stereocenters. The molecular formula is C14H17N3OS. The predicted octanol–water partition coefficient (Wildman–Crippen LogP) is 2.26. The summed E-state index contributed by atoms with van der Waals surface area (Å²) in [6, 6.07) is 11.6. The van der Waals surface area contributed by atoms with Crippen molar-refractivity contribution in [2.75, 3.05) is 12.3 Å². The molecule has 5 N–H and O–H groups in total. The minimum absolute atomic E-state index is 0.00989. The molecule has 0 aliphatic rings. The Bertz CT molecular complexity index is 586. The van der Waals surface area contributed by atoms with Crippen molar-refractivity contribution in [2.45, 2.75) is 5.75 Å². The third kappa shape index (κ3) is 3.54. The molecule has 0 amide bonds. The molecule has 0 spiro atoms. The number of phenols is 1. The van der Waals surface area contributed by atoms with Gasteiger partial charge in [-0.1, -0.05) is 30.3 Å². The van der Waals surface area contributed by atoms with E-state index in [4.69, 9.17) is 11.1 Å². The lowest BCUT2D eigenvalue weighted by molar-refractivity contribution is 0.481. The molecule has 0 heterocycles. The Labute approximate surface area is 116 Å². The molecule has 2 aromatic rings. The van der Waals surface area contributed by atoms with Crippen LogP contribution in [0.5, 0.6) is 5.75 Å². The number of guanidine groups is 1. The summed E-state index contributed by atoms with van der Waals surface area (Å²) in [5.74, 6) is 2.09. The standard InChI is InChI=1S/C14H17N3OS/c15-14(16)17-7-8-19-9-10-3-1-5-12-11(10)4-2-6-13(12)18/h1-6,18H,7-9H2,(H4,15,16,17). The number of thioether (sulfide) groups is 1. The third-order valence-corrected chi connectivity index (χ3v) is 3.82. The Morgan fingerprint density at radius 3 is 2.74 bits per heavy atom. The first-order valence-electron chi connectivity index (χ1n) is 6.03. The number of nitrogens with one attached hydrogen (secondary N) is 2. The summed E-state index contributed by atoms with van der Waals surface area (Å²) in [4.78, 5) is 0. The first-order chi connectivity index (χ1) is 9.18. The SMILES string of the molecule is N=C(N)NCCSCc1cccc2c(O)cccc12. The fraction of sp³-hybridized carbons (Fsp3) is 0.214. The molecule has 0 aliphatic heterocycles. The number of fused-ring (bicyclic) bond motifs is 1. The first-order valence-corrected chi connectivity index (χ1v) is 7.19. The molecular weight excluding hydrogens is 258 g/mol. The van der Waals surface area contributed by atoms with Gasteiger partial charge in [0.1, 0.15) is 5.75 Å². The molecule has 4 nitrogen and oxygen atoms in total. The Kier molecular flexibility index (Phi) is 4.52. The fourth-order valence-corrected chi connectivity index (χ4v) is 2.79. The van der Waals surface area contributed by atoms with Crippen LogP contribution in [-0.4, -0.2) is 23.4 Å². The largest absolute Gasteiger partial charge is 0.507 e. The molecule has 0 aromatic heterocycles. The summed E-state index contributed by atoms with van der Waals surface area (Å²) in [6.45, 7) is 0.690. The molecule has 5 heteroatoms. The minimum Gasteiger partial charge on any atom is -0.507 e. The fourth-order valence-electron chi connectivity index (χ4n) is 1.92. The molecule has 0 radical (unpaired) electrons. The maximum atomic E-state index is 9.81. The number of hydrogen-bond donors (Lipinski definition) is 4. The van der Waals surface area contributed by atoms with Gasteiger partial charge in [0, 0.05) is 23.4 Å². The molecule has 0 saturated carbocycles. The van der Waals surface area contributed by atoms with Crippen molar-refractivity contribution >= 4 is 28.5 Å². The van der Waals surface area contributed by atoms with Crippen LogP contribution in [0.1, 0.15) is 5.56 Å². The zero-order valence-corrected chi connectivity index (χ0v) is 11.3. The zero-order chi connectivity index (χ0) is 13.7. The van der Waals surface area contributed by atoms with Crippen molar-refractivity contribution in [3.8, 4) is 5.75 Å². The second-order valence-corrected chi connectivity index (χ2v) is 5.29. The molecule has 2 rings (SSSR count). The van der Waals surface area contributed by atoms with E-state index >= 15 is 0 Å². The number of nitrogens with two attached hydrogens (primary N) is 1. The molecule has 0 atom stereocenters. The van der Waals surface area contributed by atoms with Gasteiger partial charge in [0.05, 0.1) is 0 Å². The van der Waals surface area contributed by atoms with E-state index in [9.17, 15) is 5.11 Å². The highest BCUT2D eigenvalue weighted by atomic mass is 32.2. The Hall–Kier alpha value is -1.88. The maximum absolute atomic E-state index is 9.81. The number of benzene rings is 2. The highest BCUT2D eigenvalue weighted by molar-refractivity contribution is 7.98. The predicted molar refractivity (Wildman–Crippen MR) is 81.7 cm³/mol. The van der Waals surface area contributed by atoms with Crippen LogP contribution in [0.2, 0.25) is 0 Å². The van der Waals surface area contributed by atoms with Gasteiger partial charge >= 0.3 is 0 Å². The van der Waals surface area contributed by atoms with Crippen molar-refractivity contribution in [1.29, 1.82) is 5.41 Å². The van der Waals surface area contributed by atoms with E-state index in [0.717, 1.165) is 22.3 Å². The summed E-state index contributed by atoms with van der Waals surface area (Å²) >= 11 is 1.77. The summed E-state index contributed by atoms with van der Waals surface area (Å²) in [7, 11) is 0. The number of hydrogen-bond acceptors (Lipinski definition) is 3. The van der Waals surface area contributed by atoms with Gasteiger partial charge in [-0.2, -0.15) is 11.8 Å². The van der Waals surface area contributed by atoms with E-state index in [1.54, 1.807) is 17.8 Å². The van der Waals surface area contributed by atoms with Crippen LogP contribution < -0.4 is 11.1 Å². The quantitative estimate of drug-likeness (QED) is 0.383. The first kappa shape index (κ1) is 13.5. The molecule has 2 aromatic carbocycles. The molecule has 19 heavy (non-hydrogen) atoms. The van der Waals surface area contributed by atoms with Gasteiger partial charge in [-0.3, -0.25) is 5.41 Å². The van der Waals surface area contributed by atoms with Crippen LogP contribution in [0.15, 0.2) is 36.4 Å². The van der Waals surface area contributed by atoms with Gasteiger partial charge in [-0.25, -0.2) is 0 Å². The summed E-state index contributed by atoms with van der Waals surface area (Å²) in [6.07, 6.45) is 0. The minimum atomic E-state index is 0.00989. The Morgan fingerprint density at radius 2 is 1.95 bits per heavy atom. The van der Waals surface area contributed by atoms with Crippen molar-refractivity contribution in [3.63, 3.8) is 0 Å². The van der Waals surface area contributed by atoms with Crippen molar-refractivity contribution in [3.05, 3.63) is 42.0 Å². The van der Waals surface area contributed by atoms with Gasteiger partial charge in [0.15, 0.2) is 5.96 Å². The molecule has 0 saturated heterocycles. The van der Waals surface area contributed by atoms with Gasteiger partial charge in [0.25, 0.3) is 0 Å². The molecule has 0 fully saturated rings. The van der Waals surface area contributed by atoms with E-state index in [0.29, 0.717) is 12.3 Å². The summed E-state index contributed by atoms with van der Waals surface area (Å²) in [5, 5.41) is 21.6. The number of phenolic OH excluding ortho intramolecular Hbond substituents is 1. The average molecular weight is 275 g/mol. The summed E-state index contributed by atoms with van der Waals surface area (Å²) in [5.41, 5.74) is 6.42. The normalized spacial score (nSPS) is 10.5. The number of rotatable bonds is 5. The second kappa shape index (κ2) is 6.33. The van der Waals surface area contributed by atoms with Gasteiger partial charge < -0.3 is 16.2 Å². The molecule has 0 bridgehead atoms. The van der Waals surface area contributed by atoms with Crippen molar-refractivity contribution in [1.82, 2.24) is 5.32 Å². The van der Waals surface area contributed by atoms with Crippen molar-refractivity contribution < 1.29 is 5.11 Å². The lowest BCUT2D eigenvalue weighted by Gasteiger charge is -2.08. The zero-order valence-electron chi connectivity index (χ0n) is 10.5.